The van der Waals surface area contributed by atoms with Crippen molar-refractivity contribution in [1.82, 2.24) is 10.2 Å². The van der Waals surface area contributed by atoms with Crippen LogP contribution in [0.4, 0.5) is 5.69 Å². The first-order valence-corrected chi connectivity index (χ1v) is 10.1. The third-order valence-corrected chi connectivity index (χ3v) is 6.10. The molecule has 0 spiro atoms. The van der Waals surface area contributed by atoms with Gasteiger partial charge >= 0.3 is 0 Å². The molecule has 2 fully saturated rings. The maximum absolute atomic E-state index is 13.1. The molecule has 3 aliphatic rings. The normalized spacial score (nSPS) is 23.0. The van der Waals surface area contributed by atoms with E-state index in [1.165, 1.54) is 24.2 Å². The lowest BCUT2D eigenvalue weighted by Gasteiger charge is -2.26. The molecule has 1 aliphatic carbocycles. The van der Waals surface area contributed by atoms with Crippen LogP contribution < -0.4 is 10.2 Å². The Labute approximate surface area is 159 Å². The molecule has 0 aromatic heterocycles. The summed E-state index contributed by atoms with van der Waals surface area (Å²) in [5, 5.41) is 3.01. The maximum atomic E-state index is 13.1. The van der Waals surface area contributed by atoms with Crippen LogP contribution in [0.5, 0.6) is 0 Å². The molecule has 6 heteroatoms. The molecule has 1 saturated carbocycles. The Bertz CT molecular complexity index is 742. The summed E-state index contributed by atoms with van der Waals surface area (Å²) in [5.41, 5.74) is 1.06. The maximum Gasteiger partial charge on any atom is 0.256 e. The molecule has 2 aliphatic heterocycles. The molecule has 1 saturated heterocycles. The van der Waals surface area contributed by atoms with Crippen molar-refractivity contribution in [3.63, 3.8) is 0 Å². The summed E-state index contributed by atoms with van der Waals surface area (Å²) < 4.78 is 0. The minimum Gasteiger partial charge on any atom is -0.354 e. The van der Waals surface area contributed by atoms with E-state index in [1.807, 2.05) is 6.07 Å². The fourth-order valence-electron chi connectivity index (χ4n) is 4.62. The average Bonchev–Trinajstić information content (AvgIpc) is 3.17. The fraction of sp³-hybridized carbons (Fsp3) is 0.571. The topological polar surface area (TPSA) is 69.7 Å². The number of hydrogen-bond acceptors (Lipinski definition) is 3. The van der Waals surface area contributed by atoms with Crippen molar-refractivity contribution in [2.24, 2.45) is 5.92 Å². The molecule has 0 bridgehead atoms. The van der Waals surface area contributed by atoms with Crippen LogP contribution in [-0.4, -0.2) is 48.3 Å². The van der Waals surface area contributed by atoms with Crippen LogP contribution >= 0.6 is 0 Å². The van der Waals surface area contributed by atoms with E-state index in [0.717, 1.165) is 19.3 Å². The smallest absolute Gasteiger partial charge is 0.256 e. The zero-order chi connectivity index (χ0) is 18.8. The number of benzene rings is 1. The van der Waals surface area contributed by atoms with Crippen LogP contribution in [0.25, 0.3) is 0 Å². The summed E-state index contributed by atoms with van der Waals surface area (Å²) in [6.45, 7) is 1.25. The van der Waals surface area contributed by atoms with Crippen LogP contribution in [-0.2, 0) is 9.59 Å². The predicted octanol–water partition coefficient (Wildman–Crippen LogP) is 2.33. The van der Waals surface area contributed by atoms with Gasteiger partial charge in [0.2, 0.25) is 11.8 Å². The lowest BCUT2D eigenvalue weighted by Crippen LogP contribution is -2.48. The number of carbonyl (C=O) groups is 3. The van der Waals surface area contributed by atoms with Crippen LogP contribution in [0, 0.1) is 5.92 Å². The molecule has 1 N–H and O–H groups in total. The minimum atomic E-state index is -0.448. The standard InChI is InChI=1S/C21H27N3O3/c25-19(22-13-15-7-2-1-3-8-15)14-24-17-10-5-4-9-16(17)20(26)23-12-6-11-18(23)21(24)27/h4-5,9-10,15,18H,1-3,6-8,11-14H2,(H,22,25)/t18-/m1/s1. The van der Waals surface area contributed by atoms with E-state index in [2.05, 4.69) is 5.32 Å². The molecular formula is C21H27N3O3. The number of hydrogen-bond donors (Lipinski definition) is 1. The van der Waals surface area contributed by atoms with Gasteiger partial charge in [0.25, 0.3) is 5.91 Å². The lowest BCUT2D eigenvalue weighted by atomic mass is 9.89. The largest absolute Gasteiger partial charge is 0.354 e. The number of amides is 3. The Morgan fingerprint density at radius 2 is 1.81 bits per heavy atom. The number of anilines is 1. The first-order valence-electron chi connectivity index (χ1n) is 10.1. The molecule has 4 rings (SSSR count). The summed E-state index contributed by atoms with van der Waals surface area (Å²) in [6, 6.07) is 6.68. The Morgan fingerprint density at radius 1 is 1.04 bits per heavy atom. The molecule has 3 amide bonds. The van der Waals surface area contributed by atoms with Crippen LogP contribution in [0.3, 0.4) is 0 Å². The fourth-order valence-corrected chi connectivity index (χ4v) is 4.62. The number of rotatable bonds is 4. The number of fused-ring (bicyclic) bond motifs is 2. The van der Waals surface area contributed by atoms with E-state index < -0.39 is 6.04 Å². The highest BCUT2D eigenvalue weighted by Crippen LogP contribution is 2.32. The van der Waals surface area contributed by atoms with E-state index >= 15 is 0 Å². The highest BCUT2D eigenvalue weighted by molar-refractivity contribution is 6.12. The van der Waals surface area contributed by atoms with Gasteiger partial charge in [0, 0.05) is 13.1 Å². The zero-order valence-electron chi connectivity index (χ0n) is 15.7. The zero-order valence-corrected chi connectivity index (χ0v) is 15.7. The molecule has 27 heavy (non-hydrogen) atoms. The molecule has 0 unspecified atom stereocenters. The van der Waals surface area contributed by atoms with Crippen molar-refractivity contribution >= 4 is 23.4 Å². The second-order valence-electron chi connectivity index (χ2n) is 7.91. The molecule has 1 aromatic carbocycles. The SMILES string of the molecule is O=C(CN1C(=O)[C@H]2CCCN2C(=O)c2ccccc21)NCC1CCCCC1. The third kappa shape index (κ3) is 3.57. The van der Waals surface area contributed by atoms with Gasteiger partial charge in [0.15, 0.2) is 0 Å². The van der Waals surface area contributed by atoms with Gasteiger partial charge < -0.3 is 15.1 Å². The van der Waals surface area contributed by atoms with Gasteiger partial charge in [0.05, 0.1) is 11.3 Å². The Kier molecular flexibility index (Phi) is 5.14. The molecule has 1 atom stereocenters. The Morgan fingerprint density at radius 3 is 2.63 bits per heavy atom. The molecule has 144 valence electrons. The van der Waals surface area contributed by atoms with Crippen molar-refractivity contribution in [2.75, 3.05) is 24.5 Å². The van der Waals surface area contributed by atoms with E-state index in [-0.39, 0.29) is 24.3 Å². The number of nitrogens with zero attached hydrogens (tertiary/aromatic N) is 2. The monoisotopic (exact) mass is 369 g/mol. The van der Waals surface area contributed by atoms with Gasteiger partial charge in [-0.05, 0) is 43.7 Å². The second kappa shape index (κ2) is 7.71. The number of nitrogens with one attached hydrogen (secondary N) is 1. The summed E-state index contributed by atoms with van der Waals surface area (Å²) in [7, 11) is 0. The molecule has 0 radical (unpaired) electrons. The van der Waals surface area contributed by atoms with Crippen LogP contribution in [0.15, 0.2) is 24.3 Å². The molecule has 2 heterocycles. The first kappa shape index (κ1) is 18.0. The quantitative estimate of drug-likeness (QED) is 0.886. The number of carbonyl (C=O) groups excluding carboxylic acids is 3. The lowest BCUT2D eigenvalue weighted by molar-refractivity contribution is -0.125. The van der Waals surface area contributed by atoms with Crippen LogP contribution in [0.2, 0.25) is 0 Å². The predicted molar refractivity (Wildman–Crippen MR) is 102 cm³/mol. The Balaban J connectivity index is 1.51. The van der Waals surface area contributed by atoms with Crippen molar-refractivity contribution in [3.8, 4) is 0 Å². The first-order chi connectivity index (χ1) is 13.1. The Hall–Kier alpha value is -2.37. The molecule has 6 nitrogen and oxygen atoms in total. The van der Waals surface area contributed by atoms with Gasteiger partial charge in [-0.2, -0.15) is 0 Å². The molecular weight excluding hydrogens is 342 g/mol. The highest BCUT2D eigenvalue weighted by atomic mass is 16.2. The van der Waals surface area contributed by atoms with Crippen molar-refractivity contribution in [3.05, 3.63) is 29.8 Å². The number of para-hydroxylation sites is 1. The highest BCUT2D eigenvalue weighted by Gasteiger charge is 2.42. The van der Waals surface area contributed by atoms with Crippen LogP contribution in [0.1, 0.15) is 55.3 Å². The van der Waals surface area contributed by atoms with E-state index in [9.17, 15) is 14.4 Å². The van der Waals surface area contributed by atoms with Gasteiger partial charge in [-0.3, -0.25) is 14.4 Å². The second-order valence-corrected chi connectivity index (χ2v) is 7.91. The van der Waals surface area contributed by atoms with Crippen molar-refractivity contribution < 1.29 is 14.4 Å². The average molecular weight is 369 g/mol. The third-order valence-electron chi connectivity index (χ3n) is 6.10. The summed E-state index contributed by atoms with van der Waals surface area (Å²) in [4.78, 5) is 41.8. The van der Waals surface area contributed by atoms with Gasteiger partial charge in [-0.25, -0.2) is 0 Å². The van der Waals surface area contributed by atoms with E-state index in [4.69, 9.17) is 0 Å². The minimum absolute atomic E-state index is 0.0276. The van der Waals surface area contributed by atoms with Crippen molar-refractivity contribution in [2.45, 2.75) is 51.0 Å². The van der Waals surface area contributed by atoms with E-state index in [1.54, 1.807) is 23.1 Å². The van der Waals surface area contributed by atoms with Gasteiger partial charge in [0.1, 0.15) is 12.6 Å². The van der Waals surface area contributed by atoms with Crippen molar-refractivity contribution in [1.29, 1.82) is 0 Å². The summed E-state index contributed by atoms with van der Waals surface area (Å²) in [5.74, 6) is 0.148. The van der Waals surface area contributed by atoms with E-state index in [0.29, 0.717) is 36.7 Å². The molecule has 1 aromatic rings. The summed E-state index contributed by atoms with van der Waals surface area (Å²) >= 11 is 0. The van der Waals surface area contributed by atoms with Gasteiger partial charge in [-0.1, -0.05) is 31.4 Å². The van der Waals surface area contributed by atoms with Gasteiger partial charge in [-0.15, -0.1) is 0 Å². The summed E-state index contributed by atoms with van der Waals surface area (Å²) in [6.07, 6.45) is 7.57.